The second kappa shape index (κ2) is 6.67. The molecule has 20 heavy (non-hydrogen) atoms. The average molecular weight is 280 g/mol. The summed E-state index contributed by atoms with van der Waals surface area (Å²) in [6, 6.07) is 0.274. The number of aromatic nitrogens is 3. The molecule has 0 aromatic carbocycles. The van der Waals surface area contributed by atoms with Crippen LogP contribution in [0.15, 0.2) is 0 Å². The lowest BCUT2D eigenvalue weighted by Gasteiger charge is -2.21. The van der Waals surface area contributed by atoms with Gasteiger partial charge in [-0.25, -0.2) is 5.84 Å². The fraction of sp³-hybridized carbons (Fsp3) is 0.750. The Kier molecular flexibility index (Phi) is 4.91. The zero-order chi connectivity index (χ0) is 14.5. The molecule has 1 aromatic rings. The van der Waals surface area contributed by atoms with Gasteiger partial charge < -0.3 is 15.1 Å². The largest absolute Gasteiger partial charge is 0.350 e. The number of rotatable bonds is 6. The number of hydrogen-bond donors (Lipinski definition) is 3. The van der Waals surface area contributed by atoms with E-state index in [0.717, 1.165) is 6.54 Å². The van der Waals surface area contributed by atoms with Crippen LogP contribution >= 0.6 is 0 Å². The van der Waals surface area contributed by atoms with Crippen molar-refractivity contribution in [1.82, 2.24) is 19.9 Å². The van der Waals surface area contributed by atoms with Crippen LogP contribution in [-0.2, 0) is 0 Å². The molecule has 112 valence electrons. The van der Waals surface area contributed by atoms with Gasteiger partial charge in [0, 0.05) is 26.7 Å². The van der Waals surface area contributed by atoms with Crippen molar-refractivity contribution in [3.63, 3.8) is 0 Å². The number of nitrogens with zero attached hydrogens (tertiary/aromatic N) is 5. The number of likely N-dealkylation sites (tertiary alicyclic amines) is 1. The van der Waals surface area contributed by atoms with Crippen molar-refractivity contribution in [1.29, 1.82) is 0 Å². The van der Waals surface area contributed by atoms with Crippen LogP contribution in [0.3, 0.4) is 0 Å². The molecule has 2 heterocycles. The van der Waals surface area contributed by atoms with Gasteiger partial charge in [-0.1, -0.05) is 0 Å². The first kappa shape index (κ1) is 14.7. The molecule has 1 aromatic heterocycles. The molecule has 4 N–H and O–H groups in total. The van der Waals surface area contributed by atoms with Crippen LogP contribution in [0.5, 0.6) is 0 Å². The minimum atomic E-state index is 0.274. The molecule has 8 heteroatoms. The van der Waals surface area contributed by atoms with Crippen molar-refractivity contribution in [3.8, 4) is 0 Å². The Morgan fingerprint density at radius 1 is 1.20 bits per heavy atom. The number of anilines is 3. The molecule has 0 spiro atoms. The monoisotopic (exact) mass is 280 g/mol. The molecule has 8 nitrogen and oxygen atoms in total. The first-order valence-corrected chi connectivity index (χ1v) is 6.97. The van der Waals surface area contributed by atoms with E-state index in [9.17, 15) is 0 Å². The van der Waals surface area contributed by atoms with Gasteiger partial charge in [0.15, 0.2) is 0 Å². The van der Waals surface area contributed by atoms with Gasteiger partial charge in [0.05, 0.1) is 0 Å². The molecule has 1 atom stereocenters. The topological polar surface area (TPSA) is 95.2 Å². The summed E-state index contributed by atoms with van der Waals surface area (Å²) < 4.78 is 0. The minimum Gasteiger partial charge on any atom is -0.350 e. The van der Waals surface area contributed by atoms with E-state index in [-0.39, 0.29) is 6.04 Å². The van der Waals surface area contributed by atoms with Crippen LogP contribution in [0, 0.1) is 0 Å². The maximum atomic E-state index is 5.39. The van der Waals surface area contributed by atoms with Crippen LogP contribution in [0.1, 0.15) is 19.8 Å². The Bertz CT molecular complexity index is 429. The summed E-state index contributed by atoms with van der Waals surface area (Å²) in [7, 11) is 3.76. The molecular formula is C12H24N8. The molecule has 1 aliphatic heterocycles. The Hall–Kier alpha value is -1.67. The maximum absolute atomic E-state index is 5.39. The second-order valence-electron chi connectivity index (χ2n) is 5.37. The first-order valence-electron chi connectivity index (χ1n) is 6.97. The van der Waals surface area contributed by atoms with Crippen LogP contribution < -0.4 is 21.5 Å². The van der Waals surface area contributed by atoms with Gasteiger partial charge in [-0.05, 0) is 32.9 Å². The predicted octanol–water partition coefficient (Wildman–Crippen LogP) is 0.119. The van der Waals surface area contributed by atoms with Gasteiger partial charge in [0.25, 0.3) is 0 Å². The van der Waals surface area contributed by atoms with E-state index >= 15 is 0 Å². The predicted molar refractivity (Wildman–Crippen MR) is 80.7 cm³/mol. The lowest BCUT2D eigenvalue weighted by atomic mass is 10.3. The van der Waals surface area contributed by atoms with E-state index in [2.05, 4.69) is 37.5 Å². The van der Waals surface area contributed by atoms with Crippen molar-refractivity contribution in [3.05, 3.63) is 0 Å². The zero-order valence-corrected chi connectivity index (χ0v) is 12.4. The minimum absolute atomic E-state index is 0.274. The van der Waals surface area contributed by atoms with Crippen molar-refractivity contribution < 1.29 is 0 Å². The molecule has 0 bridgehead atoms. The molecule has 1 fully saturated rings. The lowest BCUT2D eigenvalue weighted by Crippen LogP contribution is -2.33. The van der Waals surface area contributed by atoms with Crippen LogP contribution in [0.25, 0.3) is 0 Å². The molecule has 2 rings (SSSR count). The second-order valence-corrected chi connectivity index (χ2v) is 5.37. The molecule has 0 aliphatic carbocycles. The number of nitrogens with one attached hydrogen (secondary N) is 2. The standard InChI is InChI=1S/C12H24N8/c1-9(8-20-6-4-5-7-20)14-10-15-11(18-13)17-12(16-10)19(2)3/h9H,4-8,13H2,1-3H3,(H2,14,15,16,17,18). The highest BCUT2D eigenvalue weighted by Crippen LogP contribution is 2.13. The van der Waals surface area contributed by atoms with Gasteiger partial charge >= 0.3 is 0 Å². The van der Waals surface area contributed by atoms with Gasteiger partial charge in [0.1, 0.15) is 0 Å². The fourth-order valence-electron chi connectivity index (χ4n) is 2.31. The van der Waals surface area contributed by atoms with Crippen molar-refractivity contribution in [2.45, 2.75) is 25.8 Å². The Balaban J connectivity index is 2.01. The van der Waals surface area contributed by atoms with E-state index in [1.807, 2.05) is 19.0 Å². The number of hydrogen-bond acceptors (Lipinski definition) is 8. The van der Waals surface area contributed by atoms with Gasteiger partial charge in [-0.3, -0.25) is 5.43 Å². The van der Waals surface area contributed by atoms with E-state index in [4.69, 9.17) is 5.84 Å². The average Bonchev–Trinajstić information content (AvgIpc) is 2.90. The van der Waals surface area contributed by atoms with E-state index in [0.29, 0.717) is 17.8 Å². The van der Waals surface area contributed by atoms with E-state index < -0.39 is 0 Å². The highest BCUT2D eigenvalue weighted by molar-refractivity contribution is 5.42. The first-order chi connectivity index (χ1) is 9.58. The summed E-state index contributed by atoms with van der Waals surface area (Å²) in [5.41, 5.74) is 2.47. The highest BCUT2D eigenvalue weighted by Gasteiger charge is 2.16. The highest BCUT2D eigenvalue weighted by atomic mass is 15.4. The molecule has 1 saturated heterocycles. The summed E-state index contributed by atoms with van der Waals surface area (Å²) in [6.45, 7) is 5.49. The smallest absolute Gasteiger partial charge is 0.243 e. The lowest BCUT2D eigenvalue weighted by molar-refractivity contribution is 0.327. The molecule has 0 radical (unpaired) electrons. The molecule has 0 saturated carbocycles. The summed E-state index contributed by atoms with van der Waals surface area (Å²) in [5.74, 6) is 6.87. The van der Waals surface area contributed by atoms with Crippen LogP contribution in [0.2, 0.25) is 0 Å². The summed E-state index contributed by atoms with van der Waals surface area (Å²) >= 11 is 0. The Morgan fingerprint density at radius 2 is 1.85 bits per heavy atom. The van der Waals surface area contributed by atoms with Crippen molar-refractivity contribution in [2.75, 3.05) is 49.4 Å². The fourth-order valence-corrected chi connectivity index (χ4v) is 2.31. The van der Waals surface area contributed by atoms with Crippen LogP contribution in [0.4, 0.5) is 17.8 Å². The molecule has 0 amide bonds. The Labute approximate surface area is 119 Å². The number of nitrogens with two attached hydrogens (primary N) is 1. The SMILES string of the molecule is CC(CN1CCCC1)Nc1nc(NN)nc(N(C)C)n1. The van der Waals surface area contributed by atoms with Gasteiger partial charge in [-0.2, -0.15) is 15.0 Å². The third-order valence-electron chi connectivity index (χ3n) is 3.26. The normalized spacial score (nSPS) is 17.0. The zero-order valence-electron chi connectivity index (χ0n) is 12.4. The molecular weight excluding hydrogens is 256 g/mol. The van der Waals surface area contributed by atoms with E-state index in [1.165, 1.54) is 25.9 Å². The quantitative estimate of drug-likeness (QED) is 0.499. The summed E-state index contributed by atoms with van der Waals surface area (Å²) in [5, 5.41) is 3.31. The van der Waals surface area contributed by atoms with Gasteiger partial charge in [-0.15, -0.1) is 0 Å². The molecule has 1 unspecified atom stereocenters. The van der Waals surface area contributed by atoms with Crippen molar-refractivity contribution in [2.24, 2.45) is 5.84 Å². The third-order valence-corrected chi connectivity index (χ3v) is 3.26. The summed E-state index contributed by atoms with van der Waals surface area (Å²) in [6.07, 6.45) is 2.59. The molecule has 1 aliphatic rings. The summed E-state index contributed by atoms with van der Waals surface area (Å²) in [4.78, 5) is 17.1. The maximum Gasteiger partial charge on any atom is 0.243 e. The number of hydrazine groups is 1. The van der Waals surface area contributed by atoms with E-state index in [1.54, 1.807) is 0 Å². The van der Waals surface area contributed by atoms with Crippen molar-refractivity contribution >= 4 is 17.8 Å². The van der Waals surface area contributed by atoms with Crippen LogP contribution in [-0.4, -0.2) is 59.6 Å². The number of nitrogen functional groups attached to an aromatic ring is 1. The Morgan fingerprint density at radius 3 is 2.45 bits per heavy atom. The third kappa shape index (κ3) is 3.91. The van der Waals surface area contributed by atoms with Gasteiger partial charge in [0.2, 0.25) is 17.8 Å².